The Morgan fingerprint density at radius 1 is 1.31 bits per heavy atom. The number of nitrogens with zero attached hydrogens (tertiary/aromatic N) is 5. The highest BCUT2D eigenvalue weighted by molar-refractivity contribution is 5.96. The van der Waals surface area contributed by atoms with Crippen LogP contribution < -0.4 is 10.6 Å². The second-order valence-electron chi connectivity index (χ2n) is 7.14. The van der Waals surface area contributed by atoms with Gasteiger partial charge >= 0.3 is 0 Å². The van der Waals surface area contributed by atoms with Crippen molar-refractivity contribution >= 4 is 22.6 Å². The monoisotopic (exact) mass is 399 g/mol. The third-order valence-corrected chi connectivity index (χ3v) is 5.00. The number of hydrogen-bond donors (Lipinski definition) is 2. The predicted molar refractivity (Wildman–Crippen MR) is 106 cm³/mol. The van der Waals surface area contributed by atoms with Gasteiger partial charge in [-0.3, -0.25) is 4.79 Å². The summed E-state index contributed by atoms with van der Waals surface area (Å²) < 4.78 is 13.2. The number of pyridine rings is 1. The number of hydrogen-bond acceptors (Lipinski definition) is 8. The molecule has 0 saturated carbocycles. The van der Waals surface area contributed by atoms with Gasteiger partial charge in [0, 0.05) is 38.9 Å². The molecule has 0 aliphatic carbocycles. The van der Waals surface area contributed by atoms with Crippen LogP contribution in [0.3, 0.4) is 0 Å². The van der Waals surface area contributed by atoms with Gasteiger partial charge in [0.2, 0.25) is 11.8 Å². The van der Waals surface area contributed by atoms with Crippen molar-refractivity contribution in [2.75, 3.05) is 18.5 Å². The van der Waals surface area contributed by atoms with E-state index in [1.54, 1.807) is 13.1 Å². The molecule has 10 heteroatoms. The van der Waals surface area contributed by atoms with Crippen LogP contribution in [0.1, 0.15) is 45.5 Å². The van der Waals surface area contributed by atoms with Crippen LogP contribution in [-0.2, 0) is 16.1 Å². The molecule has 154 valence electrons. The van der Waals surface area contributed by atoms with Crippen LogP contribution in [0, 0.1) is 0 Å². The molecule has 0 radical (unpaired) electrons. The maximum absolute atomic E-state index is 11.3. The van der Waals surface area contributed by atoms with E-state index in [4.69, 9.17) is 9.15 Å². The van der Waals surface area contributed by atoms with E-state index >= 15 is 0 Å². The molecule has 10 nitrogen and oxygen atoms in total. The maximum atomic E-state index is 11.3. The molecule has 3 aromatic heterocycles. The van der Waals surface area contributed by atoms with Crippen molar-refractivity contribution in [3.63, 3.8) is 0 Å². The Labute approximate surface area is 168 Å². The van der Waals surface area contributed by atoms with Crippen LogP contribution in [-0.4, -0.2) is 50.1 Å². The molecule has 1 fully saturated rings. The molecular formula is C19H25N7O3. The normalized spacial score (nSPS) is 16.1. The number of fused-ring (bicyclic) bond motifs is 1. The number of anilines is 1. The molecule has 0 aromatic carbocycles. The van der Waals surface area contributed by atoms with Crippen LogP contribution >= 0.6 is 0 Å². The van der Waals surface area contributed by atoms with E-state index in [0.717, 1.165) is 49.3 Å². The molecule has 1 aliphatic rings. The van der Waals surface area contributed by atoms with Crippen molar-refractivity contribution in [1.29, 1.82) is 0 Å². The summed E-state index contributed by atoms with van der Waals surface area (Å²) in [5.41, 5.74) is 2.40. The molecule has 4 rings (SSSR count). The third-order valence-electron chi connectivity index (χ3n) is 5.00. The second-order valence-corrected chi connectivity index (χ2v) is 7.14. The van der Waals surface area contributed by atoms with Crippen molar-refractivity contribution in [1.82, 2.24) is 30.3 Å². The molecule has 1 unspecified atom stereocenters. The van der Waals surface area contributed by atoms with E-state index in [2.05, 4.69) is 30.9 Å². The minimum absolute atomic E-state index is 0.158. The van der Waals surface area contributed by atoms with Crippen molar-refractivity contribution in [2.24, 2.45) is 0 Å². The minimum Gasteiger partial charge on any atom is -0.418 e. The van der Waals surface area contributed by atoms with Crippen molar-refractivity contribution in [3.8, 4) is 11.5 Å². The van der Waals surface area contributed by atoms with Gasteiger partial charge in [0.1, 0.15) is 6.04 Å². The zero-order valence-electron chi connectivity index (χ0n) is 16.8. The van der Waals surface area contributed by atoms with E-state index in [1.165, 1.54) is 6.92 Å². The highest BCUT2D eigenvalue weighted by Crippen LogP contribution is 2.34. The lowest BCUT2D eigenvalue weighted by molar-refractivity contribution is -0.119. The van der Waals surface area contributed by atoms with Gasteiger partial charge in [-0.2, -0.15) is 5.10 Å². The van der Waals surface area contributed by atoms with Crippen molar-refractivity contribution in [3.05, 3.63) is 18.3 Å². The first kappa shape index (κ1) is 19.3. The Balaban J connectivity index is 1.74. The number of nitrogens with one attached hydrogen (secondary N) is 2. The summed E-state index contributed by atoms with van der Waals surface area (Å²) in [5.74, 6) is 0.538. The van der Waals surface area contributed by atoms with Crippen molar-refractivity contribution in [2.45, 2.75) is 52.2 Å². The fraction of sp³-hybridized carbons (Fsp3) is 0.526. The van der Waals surface area contributed by atoms with Gasteiger partial charge in [0.25, 0.3) is 5.89 Å². The fourth-order valence-electron chi connectivity index (χ4n) is 3.51. The molecule has 0 spiro atoms. The molecule has 1 aliphatic heterocycles. The molecule has 1 saturated heterocycles. The molecular weight excluding hydrogens is 374 g/mol. The van der Waals surface area contributed by atoms with Crippen LogP contribution in [0.5, 0.6) is 0 Å². The number of aromatic nitrogens is 5. The first-order valence-electron chi connectivity index (χ1n) is 9.86. The zero-order chi connectivity index (χ0) is 20.4. The molecule has 0 bridgehead atoms. The average Bonchev–Trinajstić information content (AvgIpc) is 3.36. The van der Waals surface area contributed by atoms with E-state index in [0.29, 0.717) is 17.3 Å². The lowest BCUT2D eigenvalue weighted by atomic mass is 10.1. The van der Waals surface area contributed by atoms with E-state index in [-0.39, 0.29) is 18.0 Å². The minimum atomic E-state index is -0.375. The number of ether oxygens (including phenoxy) is 1. The van der Waals surface area contributed by atoms with Crippen LogP contribution in [0.4, 0.5) is 5.69 Å². The van der Waals surface area contributed by atoms with Crippen LogP contribution in [0.15, 0.2) is 16.8 Å². The summed E-state index contributed by atoms with van der Waals surface area (Å²) in [4.78, 5) is 15.9. The van der Waals surface area contributed by atoms with Gasteiger partial charge in [0.15, 0.2) is 5.65 Å². The Morgan fingerprint density at radius 3 is 2.83 bits per heavy atom. The predicted octanol–water partition coefficient (Wildman–Crippen LogP) is 2.29. The summed E-state index contributed by atoms with van der Waals surface area (Å²) in [6, 6.07) is -0.0982. The first-order valence-corrected chi connectivity index (χ1v) is 9.86. The Hall–Kier alpha value is -3.01. The zero-order valence-corrected chi connectivity index (χ0v) is 16.8. The number of aryl methyl sites for hydroxylation is 1. The Bertz CT molecular complexity index is 1010. The Morgan fingerprint density at radius 2 is 2.10 bits per heavy atom. The Kier molecular flexibility index (Phi) is 5.43. The molecule has 2 N–H and O–H groups in total. The van der Waals surface area contributed by atoms with Gasteiger partial charge in [-0.1, -0.05) is 0 Å². The average molecular weight is 399 g/mol. The van der Waals surface area contributed by atoms with Gasteiger partial charge in [-0.25, -0.2) is 9.67 Å². The topological polar surface area (TPSA) is 120 Å². The maximum Gasteiger partial charge on any atom is 0.251 e. The van der Waals surface area contributed by atoms with E-state index < -0.39 is 0 Å². The molecule has 4 heterocycles. The quantitative estimate of drug-likeness (QED) is 0.648. The molecule has 1 amide bonds. The van der Waals surface area contributed by atoms with Crippen LogP contribution in [0.25, 0.3) is 22.5 Å². The summed E-state index contributed by atoms with van der Waals surface area (Å²) >= 11 is 0. The lowest BCUT2D eigenvalue weighted by Crippen LogP contribution is -2.28. The first-order chi connectivity index (χ1) is 14.1. The summed E-state index contributed by atoms with van der Waals surface area (Å²) in [6.45, 7) is 7.47. The number of amides is 1. The SMILES string of the molecule is CCn1ncc2c(NC3CCOCC3)c(-c3nnc(C(C)NC(C)=O)o3)cnc21. The fourth-order valence-corrected chi connectivity index (χ4v) is 3.51. The molecule has 29 heavy (non-hydrogen) atoms. The summed E-state index contributed by atoms with van der Waals surface area (Å²) in [5, 5.41) is 20.0. The number of carbonyl (C=O) groups is 1. The summed E-state index contributed by atoms with van der Waals surface area (Å²) in [6.07, 6.45) is 5.38. The molecule has 1 atom stereocenters. The highest BCUT2D eigenvalue weighted by Gasteiger charge is 2.23. The lowest BCUT2D eigenvalue weighted by Gasteiger charge is -2.25. The van der Waals surface area contributed by atoms with Crippen LogP contribution in [0.2, 0.25) is 0 Å². The van der Waals surface area contributed by atoms with Gasteiger partial charge in [-0.15, -0.1) is 10.2 Å². The standard InChI is InChI=1S/C19H25N7O3/c1-4-26-17-14(10-21-26)16(23-13-5-7-28-8-6-13)15(9-20-17)19-25-24-18(29-19)11(2)22-12(3)27/h9-11,13H,4-8H2,1-3H3,(H,20,23)(H,22,27). The number of rotatable bonds is 6. The van der Waals surface area contributed by atoms with Gasteiger partial charge in [0.05, 0.1) is 22.8 Å². The van der Waals surface area contributed by atoms with E-state index in [1.807, 2.05) is 17.8 Å². The third kappa shape index (κ3) is 3.93. The summed E-state index contributed by atoms with van der Waals surface area (Å²) in [7, 11) is 0. The highest BCUT2D eigenvalue weighted by atomic mass is 16.5. The van der Waals surface area contributed by atoms with E-state index in [9.17, 15) is 4.79 Å². The smallest absolute Gasteiger partial charge is 0.251 e. The van der Waals surface area contributed by atoms with Gasteiger partial charge < -0.3 is 19.8 Å². The van der Waals surface area contributed by atoms with Gasteiger partial charge in [-0.05, 0) is 26.7 Å². The molecule has 3 aromatic rings. The largest absolute Gasteiger partial charge is 0.418 e. The second kappa shape index (κ2) is 8.16. The van der Waals surface area contributed by atoms with Crippen molar-refractivity contribution < 1.29 is 13.9 Å². The number of carbonyl (C=O) groups excluding carboxylic acids is 1.